The lowest BCUT2D eigenvalue weighted by Gasteiger charge is -2.19. The number of carbonyl (C=O) groups excluding carboxylic acids is 2. The molecule has 4 aromatic rings. The number of anilines is 1. The summed E-state index contributed by atoms with van der Waals surface area (Å²) in [5.41, 5.74) is 3.32. The van der Waals surface area contributed by atoms with Crippen molar-refractivity contribution in [3.8, 4) is 5.69 Å². The Morgan fingerprint density at radius 2 is 2.00 bits per heavy atom. The van der Waals surface area contributed by atoms with Gasteiger partial charge >= 0.3 is 0 Å². The summed E-state index contributed by atoms with van der Waals surface area (Å²) in [6.07, 6.45) is 0.308. The van der Waals surface area contributed by atoms with Crippen molar-refractivity contribution in [3.63, 3.8) is 0 Å². The molecule has 2 heterocycles. The second kappa shape index (κ2) is 11.3. The third-order valence-electron chi connectivity index (χ3n) is 6.69. The number of aromatic nitrogens is 3. The molecule has 1 aliphatic heterocycles. The Balaban J connectivity index is 1.27. The molecule has 3 aromatic carbocycles. The molecule has 1 aliphatic rings. The number of aryl methyl sites for hydroxylation is 1. The monoisotopic (exact) mass is 611 g/mol. The maximum Gasteiger partial charge on any atom is 0.227 e. The van der Waals surface area contributed by atoms with Crippen molar-refractivity contribution in [3.05, 3.63) is 105 Å². The van der Waals surface area contributed by atoms with E-state index in [1.165, 1.54) is 23.0 Å². The Bertz CT molecular complexity index is 1560. The van der Waals surface area contributed by atoms with Crippen LogP contribution in [0.2, 0.25) is 5.02 Å². The molecule has 8 nitrogen and oxygen atoms in total. The van der Waals surface area contributed by atoms with Crippen molar-refractivity contribution < 1.29 is 19.1 Å². The average Bonchev–Trinajstić information content (AvgIpc) is 3.55. The Labute approximate surface area is 237 Å². The van der Waals surface area contributed by atoms with Crippen LogP contribution in [0.5, 0.6) is 0 Å². The largest absolute Gasteiger partial charge is 0.382 e. The third-order valence-corrected chi connectivity index (χ3v) is 7.41. The summed E-state index contributed by atoms with van der Waals surface area (Å²) >= 11 is 9.25. The van der Waals surface area contributed by atoms with E-state index in [1.54, 1.807) is 11.0 Å². The molecule has 1 aromatic heterocycles. The highest BCUT2D eigenvalue weighted by Crippen LogP contribution is 2.30. The number of rotatable bonds is 7. The van der Waals surface area contributed by atoms with Crippen LogP contribution in [0.15, 0.2) is 71.3 Å². The fraction of sp³-hybridized carbons (Fsp3) is 0.214. The standard InChI is InChI=1S/C28H24BrClFN5O3/c1-16-10-19(29)6-9-24(16)35-14-18(11-26(35)37)28(39)32-13-17-4-2-3-5-25(17)36-15-23(33-34-36)27(38)21-8-7-20(30)12-22(21)31/h2-10,12,15,18,27,38H,11,13-14H2,1H3,(H,32,39). The lowest BCUT2D eigenvalue weighted by atomic mass is 10.1. The maximum absolute atomic E-state index is 14.3. The van der Waals surface area contributed by atoms with E-state index in [9.17, 15) is 19.1 Å². The van der Waals surface area contributed by atoms with E-state index in [2.05, 4.69) is 31.6 Å². The van der Waals surface area contributed by atoms with Crippen LogP contribution in [-0.4, -0.2) is 38.5 Å². The number of halogens is 3. The molecule has 0 spiro atoms. The first-order valence-corrected chi connectivity index (χ1v) is 13.4. The highest BCUT2D eigenvalue weighted by Gasteiger charge is 2.35. The minimum absolute atomic E-state index is 0.0329. The summed E-state index contributed by atoms with van der Waals surface area (Å²) in [4.78, 5) is 27.4. The number of aliphatic hydroxyl groups is 1. The lowest BCUT2D eigenvalue weighted by Crippen LogP contribution is -2.33. The molecule has 0 aliphatic carbocycles. The number of amides is 2. The number of aliphatic hydroxyl groups excluding tert-OH is 1. The van der Waals surface area contributed by atoms with Crippen molar-refractivity contribution in [2.75, 3.05) is 11.4 Å². The van der Waals surface area contributed by atoms with Gasteiger partial charge in [-0.2, -0.15) is 0 Å². The van der Waals surface area contributed by atoms with E-state index in [-0.39, 0.29) is 41.1 Å². The van der Waals surface area contributed by atoms with Gasteiger partial charge in [0.1, 0.15) is 17.6 Å². The van der Waals surface area contributed by atoms with Crippen LogP contribution in [0.3, 0.4) is 0 Å². The molecule has 2 amide bonds. The molecule has 2 N–H and O–H groups in total. The van der Waals surface area contributed by atoms with Crippen LogP contribution in [-0.2, 0) is 16.1 Å². The molecular formula is C28H24BrClFN5O3. The molecule has 39 heavy (non-hydrogen) atoms. The molecule has 0 bridgehead atoms. The Kier molecular flexibility index (Phi) is 7.79. The van der Waals surface area contributed by atoms with E-state index < -0.39 is 17.8 Å². The Morgan fingerprint density at radius 3 is 2.77 bits per heavy atom. The number of benzene rings is 3. The van der Waals surface area contributed by atoms with Crippen molar-refractivity contribution in [2.24, 2.45) is 5.92 Å². The maximum atomic E-state index is 14.3. The van der Waals surface area contributed by atoms with E-state index in [4.69, 9.17) is 11.6 Å². The van der Waals surface area contributed by atoms with Gasteiger partial charge in [0.15, 0.2) is 0 Å². The van der Waals surface area contributed by atoms with Gasteiger partial charge in [0.2, 0.25) is 11.8 Å². The fourth-order valence-electron chi connectivity index (χ4n) is 4.65. The van der Waals surface area contributed by atoms with Crippen LogP contribution in [0.1, 0.15) is 34.9 Å². The van der Waals surface area contributed by atoms with Crippen LogP contribution in [0.25, 0.3) is 5.69 Å². The molecule has 2 unspecified atom stereocenters. The molecular weight excluding hydrogens is 589 g/mol. The molecule has 200 valence electrons. The number of para-hydroxylation sites is 1. The number of carbonyl (C=O) groups is 2. The molecule has 11 heteroatoms. The summed E-state index contributed by atoms with van der Waals surface area (Å²) in [7, 11) is 0. The molecule has 0 saturated carbocycles. The molecule has 0 radical (unpaired) electrons. The van der Waals surface area contributed by atoms with Gasteiger partial charge in [0, 0.05) is 40.3 Å². The predicted molar refractivity (Wildman–Crippen MR) is 148 cm³/mol. The first-order valence-electron chi connectivity index (χ1n) is 12.2. The Hall–Kier alpha value is -3.60. The zero-order valence-corrected chi connectivity index (χ0v) is 23.2. The number of nitrogens with one attached hydrogen (secondary N) is 1. The minimum atomic E-state index is -1.33. The van der Waals surface area contributed by atoms with Gasteiger partial charge in [-0.05, 0) is 54.4 Å². The van der Waals surface area contributed by atoms with Gasteiger partial charge in [-0.3, -0.25) is 9.59 Å². The van der Waals surface area contributed by atoms with Gasteiger partial charge < -0.3 is 15.3 Å². The van der Waals surface area contributed by atoms with Gasteiger partial charge in [0.25, 0.3) is 0 Å². The predicted octanol–water partition coefficient (Wildman–Crippen LogP) is 4.88. The highest BCUT2D eigenvalue weighted by atomic mass is 79.9. The quantitative estimate of drug-likeness (QED) is 0.310. The summed E-state index contributed by atoms with van der Waals surface area (Å²) in [5.74, 6) is -1.43. The van der Waals surface area contributed by atoms with Crippen LogP contribution >= 0.6 is 27.5 Å². The third kappa shape index (κ3) is 5.73. The van der Waals surface area contributed by atoms with E-state index >= 15 is 0 Å². The van der Waals surface area contributed by atoms with Crippen molar-refractivity contribution in [1.29, 1.82) is 0 Å². The van der Waals surface area contributed by atoms with Gasteiger partial charge in [-0.1, -0.05) is 57.0 Å². The highest BCUT2D eigenvalue weighted by molar-refractivity contribution is 9.10. The number of nitrogens with zero attached hydrogens (tertiary/aromatic N) is 4. The average molecular weight is 613 g/mol. The lowest BCUT2D eigenvalue weighted by molar-refractivity contribution is -0.126. The Morgan fingerprint density at radius 1 is 1.21 bits per heavy atom. The van der Waals surface area contributed by atoms with E-state index in [0.717, 1.165) is 27.4 Å². The van der Waals surface area contributed by atoms with Gasteiger partial charge in [-0.25, -0.2) is 9.07 Å². The summed E-state index contributed by atoms with van der Waals surface area (Å²) in [6.45, 7) is 2.43. The van der Waals surface area contributed by atoms with Crippen molar-refractivity contribution in [1.82, 2.24) is 20.3 Å². The fourth-order valence-corrected chi connectivity index (χ4v) is 5.28. The summed E-state index contributed by atoms with van der Waals surface area (Å²) in [6, 6.07) is 17.0. The molecule has 1 saturated heterocycles. The smallest absolute Gasteiger partial charge is 0.227 e. The first kappa shape index (κ1) is 27.0. The summed E-state index contributed by atoms with van der Waals surface area (Å²) < 4.78 is 16.7. The second-order valence-corrected chi connectivity index (χ2v) is 10.7. The van der Waals surface area contributed by atoms with Crippen LogP contribution in [0, 0.1) is 18.7 Å². The number of hydrogen-bond donors (Lipinski definition) is 2. The van der Waals surface area contributed by atoms with Crippen LogP contribution in [0.4, 0.5) is 10.1 Å². The molecule has 5 rings (SSSR count). The zero-order chi connectivity index (χ0) is 27.7. The van der Waals surface area contributed by atoms with Crippen LogP contribution < -0.4 is 10.2 Å². The van der Waals surface area contributed by atoms with E-state index in [0.29, 0.717) is 12.2 Å². The first-order chi connectivity index (χ1) is 18.7. The summed E-state index contributed by atoms with van der Waals surface area (Å²) in [5, 5.41) is 21.9. The van der Waals surface area contributed by atoms with Gasteiger partial charge in [-0.15, -0.1) is 5.10 Å². The van der Waals surface area contributed by atoms with Crippen molar-refractivity contribution >= 4 is 45.0 Å². The minimum Gasteiger partial charge on any atom is -0.382 e. The second-order valence-electron chi connectivity index (χ2n) is 9.34. The SMILES string of the molecule is Cc1cc(Br)ccc1N1CC(C(=O)NCc2ccccc2-n2cc(C(O)c3ccc(Cl)cc3F)nn2)CC1=O. The van der Waals surface area contributed by atoms with E-state index in [1.807, 2.05) is 43.3 Å². The normalized spacial score (nSPS) is 16.0. The zero-order valence-electron chi connectivity index (χ0n) is 20.8. The topological polar surface area (TPSA) is 100 Å². The number of hydrogen-bond acceptors (Lipinski definition) is 5. The molecule has 2 atom stereocenters. The molecule has 1 fully saturated rings. The van der Waals surface area contributed by atoms with Gasteiger partial charge in [0.05, 0.1) is 17.8 Å². The van der Waals surface area contributed by atoms with Crippen molar-refractivity contribution in [2.45, 2.75) is 26.0 Å².